The van der Waals surface area contributed by atoms with Crippen LogP contribution in [0.4, 0.5) is 0 Å². The van der Waals surface area contributed by atoms with Gasteiger partial charge in [-0.3, -0.25) is 0 Å². The SMILES string of the molecule is COc1cc(/C=N/n2c(S)nnc2C(C)c2ccc(CC(C)C)cc2)ccc1O. The number of hydrogen-bond acceptors (Lipinski definition) is 6. The van der Waals surface area contributed by atoms with E-state index in [1.807, 2.05) is 0 Å². The molecule has 3 aromatic rings. The van der Waals surface area contributed by atoms with Crippen LogP contribution >= 0.6 is 12.6 Å². The van der Waals surface area contributed by atoms with Gasteiger partial charge in [0.15, 0.2) is 17.3 Å². The number of phenolic OH excluding ortho intramolecular Hbond substituents is 1. The van der Waals surface area contributed by atoms with Crippen LogP contribution in [0.2, 0.25) is 0 Å². The predicted molar refractivity (Wildman–Crippen MR) is 117 cm³/mol. The summed E-state index contributed by atoms with van der Waals surface area (Å²) in [7, 11) is 1.51. The fourth-order valence-corrected chi connectivity index (χ4v) is 3.32. The molecule has 3 rings (SSSR count). The number of benzene rings is 2. The number of thiol groups is 1. The molecule has 1 aromatic heterocycles. The van der Waals surface area contributed by atoms with E-state index >= 15 is 0 Å². The Bertz CT molecular complexity index is 997. The summed E-state index contributed by atoms with van der Waals surface area (Å²) in [6, 6.07) is 13.6. The first-order valence-electron chi connectivity index (χ1n) is 9.53. The zero-order valence-electron chi connectivity index (χ0n) is 17.1. The average Bonchev–Trinajstić information content (AvgIpc) is 3.07. The van der Waals surface area contributed by atoms with Crippen molar-refractivity contribution in [3.8, 4) is 11.5 Å². The highest BCUT2D eigenvalue weighted by Crippen LogP contribution is 2.27. The maximum absolute atomic E-state index is 9.73. The van der Waals surface area contributed by atoms with E-state index in [9.17, 15) is 5.11 Å². The van der Waals surface area contributed by atoms with Gasteiger partial charge in [-0.05, 0) is 47.2 Å². The molecule has 0 fully saturated rings. The topological polar surface area (TPSA) is 72.5 Å². The number of methoxy groups -OCH3 is 1. The van der Waals surface area contributed by atoms with Crippen molar-refractivity contribution < 1.29 is 9.84 Å². The Labute approximate surface area is 176 Å². The molecule has 2 aromatic carbocycles. The lowest BCUT2D eigenvalue weighted by atomic mass is 9.96. The summed E-state index contributed by atoms with van der Waals surface area (Å²) in [5.74, 6) is 1.80. The summed E-state index contributed by atoms with van der Waals surface area (Å²) in [4.78, 5) is 0. The summed E-state index contributed by atoms with van der Waals surface area (Å²) < 4.78 is 6.76. The monoisotopic (exact) mass is 410 g/mol. The molecule has 0 aliphatic heterocycles. The maximum Gasteiger partial charge on any atom is 0.208 e. The molecule has 0 amide bonds. The van der Waals surface area contributed by atoms with Gasteiger partial charge in [0.2, 0.25) is 5.16 Å². The Hall–Kier alpha value is -2.80. The van der Waals surface area contributed by atoms with E-state index in [1.54, 1.807) is 29.1 Å². The van der Waals surface area contributed by atoms with Crippen molar-refractivity contribution in [1.29, 1.82) is 0 Å². The summed E-state index contributed by atoms with van der Waals surface area (Å²) >= 11 is 4.39. The molecule has 0 saturated heterocycles. The largest absolute Gasteiger partial charge is 0.504 e. The van der Waals surface area contributed by atoms with Crippen LogP contribution in [-0.4, -0.2) is 33.3 Å². The van der Waals surface area contributed by atoms with Crippen LogP contribution in [-0.2, 0) is 6.42 Å². The lowest BCUT2D eigenvalue weighted by Gasteiger charge is -2.12. The van der Waals surface area contributed by atoms with Crippen LogP contribution in [0.3, 0.4) is 0 Å². The minimum Gasteiger partial charge on any atom is -0.504 e. The van der Waals surface area contributed by atoms with Crippen LogP contribution in [0.25, 0.3) is 0 Å². The van der Waals surface area contributed by atoms with Crippen molar-refractivity contribution in [2.24, 2.45) is 11.0 Å². The lowest BCUT2D eigenvalue weighted by Crippen LogP contribution is -2.06. The molecular formula is C22H26N4O2S. The summed E-state index contributed by atoms with van der Waals surface area (Å²) in [6.07, 6.45) is 2.72. The number of phenols is 1. The number of hydrogen-bond donors (Lipinski definition) is 2. The molecule has 0 aliphatic carbocycles. The number of aromatic hydroxyl groups is 1. The molecule has 6 nitrogen and oxygen atoms in total. The van der Waals surface area contributed by atoms with Gasteiger partial charge in [0.1, 0.15) is 0 Å². The van der Waals surface area contributed by atoms with Crippen molar-refractivity contribution in [1.82, 2.24) is 14.9 Å². The van der Waals surface area contributed by atoms with Crippen molar-refractivity contribution in [3.05, 3.63) is 65.0 Å². The molecule has 1 N–H and O–H groups in total. The van der Waals surface area contributed by atoms with E-state index in [-0.39, 0.29) is 11.7 Å². The smallest absolute Gasteiger partial charge is 0.208 e. The van der Waals surface area contributed by atoms with E-state index < -0.39 is 0 Å². The molecule has 0 aliphatic rings. The highest BCUT2D eigenvalue weighted by Gasteiger charge is 2.18. The molecule has 1 unspecified atom stereocenters. The summed E-state index contributed by atoms with van der Waals surface area (Å²) in [5.41, 5.74) is 3.24. The minimum absolute atomic E-state index is 0.00278. The van der Waals surface area contributed by atoms with E-state index in [0.717, 1.165) is 17.5 Å². The molecule has 29 heavy (non-hydrogen) atoms. The Morgan fingerprint density at radius 1 is 1.14 bits per heavy atom. The lowest BCUT2D eigenvalue weighted by molar-refractivity contribution is 0.373. The highest BCUT2D eigenvalue weighted by atomic mass is 32.1. The number of aromatic nitrogens is 3. The van der Waals surface area contributed by atoms with Crippen molar-refractivity contribution in [3.63, 3.8) is 0 Å². The molecule has 1 heterocycles. The predicted octanol–water partition coefficient (Wildman–Crippen LogP) is 4.51. The molecule has 0 radical (unpaired) electrons. The quantitative estimate of drug-likeness (QED) is 0.444. The second kappa shape index (κ2) is 9.13. The Morgan fingerprint density at radius 3 is 2.52 bits per heavy atom. The highest BCUT2D eigenvalue weighted by molar-refractivity contribution is 7.80. The van der Waals surface area contributed by atoms with E-state index in [1.165, 1.54) is 12.7 Å². The van der Waals surface area contributed by atoms with Gasteiger partial charge >= 0.3 is 0 Å². The van der Waals surface area contributed by atoms with Gasteiger partial charge in [0.25, 0.3) is 0 Å². The van der Waals surface area contributed by atoms with Gasteiger partial charge in [0, 0.05) is 5.92 Å². The van der Waals surface area contributed by atoms with Crippen LogP contribution < -0.4 is 4.74 Å². The second-order valence-electron chi connectivity index (χ2n) is 7.41. The molecule has 0 spiro atoms. The van der Waals surface area contributed by atoms with E-state index in [0.29, 0.717) is 22.6 Å². The molecular weight excluding hydrogens is 384 g/mol. The first kappa shape index (κ1) is 20.9. The third-order valence-corrected chi connectivity index (χ3v) is 4.96. The third-order valence-electron chi connectivity index (χ3n) is 4.69. The molecule has 7 heteroatoms. The van der Waals surface area contributed by atoms with E-state index in [4.69, 9.17) is 4.74 Å². The Kier molecular flexibility index (Phi) is 6.59. The summed E-state index contributed by atoms with van der Waals surface area (Å²) in [6.45, 7) is 6.51. The molecule has 1 atom stereocenters. The van der Waals surface area contributed by atoms with Crippen LogP contribution in [0.5, 0.6) is 11.5 Å². The van der Waals surface area contributed by atoms with Crippen molar-refractivity contribution in [2.45, 2.75) is 38.3 Å². The Balaban J connectivity index is 1.85. The summed E-state index contributed by atoms with van der Waals surface area (Å²) in [5, 5.41) is 23.0. The van der Waals surface area contributed by atoms with Crippen LogP contribution in [0, 0.1) is 5.92 Å². The fourth-order valence-electron chi connectivity index (χ4n) is 3.13. The first-order valence-corrected chi connectivity index (χ1v) is 9.98. The molecule has 0 saturated carbocycles. The minimum atomic E-state index is 0.00278. The Morgan fingerprint density at radius 2 is 1.86 bits per heavy atom. The van der Waals surface area contributed by atoms with Gasteiger partial charge in [-0.2, -0.15) is 9.78 Å². The van der Waals surface area contributed by atoms with Gasteiger partial charge in [0.05, 0.1) is 13.3 Å². The molecule has 152 valence electrons. The van der Waals surface area contributed by atoms with Crippen molar-refractivity contribution >= 4 is 18.8 Å². The normalized spacial score (nSPS) is 12.6. The maximum atomic E-state index is 9.73. The third kappa shape index (κ3) is 4.98. The zero-order valence-corrected chi connectivity index (χ0v) is 18.0. The van der Waals surface area contributed by atoms with Gasteiger partial charge < -0.3 is 9.84 Å². The van der Waals surface area contributed by atoms with E-state index in [2.05, 4.69) is 73.0 Å². The zero-order chi connectivity index (χ0) is 21.0. The van der Waals surface area contributed by atoms with Crippen LogP contribution in [0.15, 0.2) is 52.7 Å². The number of ether oxygens (including phenoxy) is 1. The van der Waals surface area contributed by atoms with Crippen molar-refractivity contribution in [2.75, 3.05) is 7.11 Å². The van der Waals surface area contributed by atoms with Crippen LogP contribution in [0.1, 0.15) is 49.2 Å². The molecule has 0 bridgehead atoms. The fraction of sp³-hybridized carbons (Fsp3) is 0.318. The van der Waals surface area contributed by atoms with Gasteiger partial charge in [-0.1, -0.05) is 45.0 Å². The average molecular weight is 411 g/mol. The second-order valence-corrected chi connectivity index (χ2v) is 7.81. The standard InChI is InChI=1S/C22H26N4O2S/c1-14(2)11-16-5-8-18(9-6-16)15(3)21-24-25-22(29)26(21)23-13-17-7-10-19(27)20(12-17)28-4/h5-10,12-15,27H,11H2,1-4H3,(H,25,29)/b23-13+. The van der Waals surface area contributed by atoms with Gasteiger partial charge in [-0.15, -0.1) is 22.8 Å². The number of nitrogens with zero attached hydrogens (tertiary/aromatic N) is 4. The number of rotatable bonds is 7. The first-order chi connectivity index (χ1) is 13.9. The van der Waals surface area contributed by atoms with Gasteiger partial charge in [-0.25, -0.2) is 0 Å².